The molecule has 1 fully saturated rings. The number of hydrogen-bond donors (Lipinski definition) is 1. The van der Waals surface area contributed by atoms with E-state index in [1.807, 2.05) is 0 Å². The molecule has 0 aromatic heterocycles. The molecule has 1 aliphatic heterocycles. The van der Waals surface area contributed by atoms with Crippen molar-refractivity contribution < 1.29 is 0 Å². The van der Waals surface area contributed by atoms with Crippen molar-refractivity contribution >= 4 is 5.69 Å². The van der Waals surface area contributed by atoms with Crippen LogP contribution < -0.4 is 10.2 Å². The van der Waals surface area contributed by atoms with Gasteiger partial charge in [-0.3, -0.25) is 4.90 Å². The van der Waals surface area contributed by atoms with Gasteiger partial charge in [-0.2, -0.15) is 0 Å². The largest absolute Gasteiger partial charge is 0.378 e. The van der Waals surface area contributed by atoms with Crippen LogP contribution in [0.3, 0.4) is 0 Å². The topological polar surface area (TPSA) is 18.5 Å². The molecule has 0 bridgehead atoms. The molecule has 0 spiro atoms. The lowest BCUT2D eigenvalue weighted by molar-refractivity contribution is 0.202. The summed E-state index contributed by atoms with van der Waals surface area (Å²) in [6, 6.07) is 9.38. The zero-order valence-corrected chi connectivity index (χ0v) is 10.4. The number of rotatable bonds is 2. The second-order valence-electron chi connectivity index (χ2n) is 4.69. The van der Waals surface area contributed by atoms with Crippen LogP contribution in [0.25, 0.3) is 0 Å². The third-order valence-corrected chi connectivity index (χ3v) is 3.31. The normalized spacial score (nSPS) is 22.1. The lowest BCUT2D eigenvalue weighted by atomic mass is 10.0. The fourth-order valence-corrected chi connectivity index (χ4v) is 2.17. The molecule has 3 nitrogen and oxygen atoms in total. The Hall–Kier alpha value is -1.06. The van der Waals surface area contributed by atoms with Gasteiger partial charge in [-0.05, 0) is 24.7 Å². The van der Waals surface area contributed by atoms with Crippen molar-refractivity contribution in [2.24, 2.45) is 0 Å². The standard InChI is InChI=1S/C13H21N3/c1-15(2)12-6-4-11(5-7-12)13-10-14-8-9-16(13)3/h4-7,13-14H,8-10H2,1-3H3. The molecule has 3 heteroatoms. The van der Waals surface area contributed by atoms with Crippen molar-refractivity contribution in [3.05, 3.63) is 29.8 Å². The quantitative estimate of drug-likeness (QED) is 0.809. The van der Waals surface area contributed by atoms with E-state index < -0.39 is 0 Å². The fraction of sp³-hybridized carbons (Fsp3) is 0.538. The molecule has 1 saturated heterocycles. The Morgan fingerprint density at radius 2 is 1.94 bits per heavy atom. The van der Waals surface area contributed by atoms with Gasteiger partial charge in [-0.1, -0.05) is 12.1 Å². The maximum atomic E-state index is 3.45. The molecule has 1 atom stereocenters. The van der Waals surface area contributed by atoms with Gasteiger partial charge in [0.1, 0.15) is 0 Å². The van der Waals surface area contributed by atoms with Gasteiger partial charge in [0.05, 0.1) is 0 Å². The number of nitrogens with zero attached hydrogens (tertiary/aromatic N) is 2. The zero-order chi connectivity index (χ0) is 11.5. The number of nitrogens with one attached hydrogen (secondary N) is 1. The number of anilines is 1. The summed E-state index contributed by atoms with van der Waals surface area (Å²) >= 11 is 0. The highest BCUT2D eigenvalue weighted by molar-refractivity contribution is 5.46. The van der Waals surface area contributed by atoms with Gasteiger partial charge in [0.15, 0.2) is 0 Å². The van der Waals surface area contributed by atoms with E-state index >= 15 is 0 Å². The second-order valence-corrected chi connectivity index (χ2v) is 4.69. The van der Waals surface area contributed by atoms with Crippen molar-refractivity contribution in [2.45, 2.75) is 6.04 Å². The summed E-state index contributed by atoms with van der Waals surface area (Å²) in [7, 11) is 6.35. The van der Waals surface area contributed by atoms with Crippen molar-refractivity contribution in [3.8, 4) is 0 Å². The van der Waals surface area contributed by atoms with Gasteiger partial charge in [0.25, 0.3) is 0 Å². The molecule has 0 aliphatic carbocycles. The molecule has 88 valence electrons. The Morgan fingerprint density at radius 3 is 2.50 bits per heavy atom. The number of hydrogen-bond acceptors (Lipinski definition) is 3. The van der Waals surface area contributed by atoms with Crippen LogP contribution >= 0.6 is 0 Å². The Balaban J connectivity index is 2.14. The van der Waals surface area contributed by atoms with Crippen LogP contribution in [0.5, 0.6) is 0 Å². The maximum Gasteiger partial charge on any atom is 0.0470 e. The van der Waals surface area contributed by atoms with E-state index in [0.29, 0.717) is 6.04 Å². The Labute approximate surface area is 98.0 Å². The SMILES string of the molecule is CN(C)c1ccc(C2CNCCN2C)cc1. The van der Waals surface area contributed by atoms with E-state index in [9.17, 15) is 0 Å². The average Bonchev–Trinajstić information content (AvgIpc) is 2.30. The van der Waals surface area contributed by atoms with E-state index in [-0.39, 0.29) is 0 Å². The molecule has 1 aromatic carbocycles. The van der Waals surface area contributed by atoms with Crippen molar-refractivity contribution in [1.82, 2.24) is 10.2 Å². The lowest BCUT2D eigenvalue weighted by Gasteiger charge is -2.33. The fourth-order valence-electron chi connectivity index (χ4n) is 2.17. The summed E-state index contributed by atoms with van der Waals surface area (Å²) in [4.78, 5) is 4.55. The highest BCUT2D eigenvalue weighted by atomic mass is 15.2. The average molecular weight is 219 g/mol. The van der Waals surface area contributed by atoms with Gasteiger partial charge in [-0.15, -0.1) is 0 Å². The molecule has 1 unspecified atom stereocenters. The molecular weight excluding hydrogens is 198 g/mol. The van der Waals surface area contributed by atoms with Crippen LogP contribution in [0.2, 0.25) is 0 Å². The minimum Gasteiger partial charge on any atom is -0.378 e. The number of benzene rings is 1. The summed E-state index contributed by atoms with van der Waals surface area (Å²) in [6.07, 6.45) is 0. The number of likely N-dealkylation sites (N-methyl/N-ethyl adjacent to an activating group) is 1. The minimum absolute atomic E-state index is 0.518. The van der Waals surface area contributed by atoms with Crippen molar-refractivity contribution in [1.29, 1.82) is 0 Å². The van der Waals surface area contributed by atoms with Gasteiger partial charge in [0, 0.05) is 45.5 Å². The molecule has 1 aromatic rings. The molecule has 0 radical (unpaired) electrons. The summed E-state index contributed by atoms with van der Waals surface area (Å²) < 4.78 is 0. The van der Waals surface area contributed by atoms with Crippen LogP contribution in [-0.4, -0.2) is 45.7 Å². The van der Waals surface area contributed by atoms with Crippen LogP contribution in [0.4, 0.5) is 5.69 Å². The molecular formula is C13H21N3. The first-order valence-electron chi connectivity index (χ1n) is 5.87. The Bertz CT molecular complexity index is 332. The summed E-state index contributed by atoms with van der Waals surface area (Å²) in [6.45, 7) is 3.28. The smallest absolute Gasteiger partial charge is 0.0470 e. The Morgan fingerprint density at radius 1 is 1.25 bits per heavy atom. The molecule has 1 aliphatic rings. The first-order valence-corrected chi connectivity index (χ1v) is 5.87. The van der Waals surface area contributed by atoms with Crippen molar-refractivity contribution in [2.75, 3.05) is 45.7 Å². The van der Waals surface area contributed by atoms with Gasteiger partial charge in [0.2, 0.25) is 0 Å². The number of piperazine rings is 1. The first kappa shape index (κ1) is 11.4. The molecule has 2 rings (SSSR count). The van der Waals surface area contributed by atoms with Crippen molar-refractivity contribution in [3.63, 3.8) is 0 Å². The van der Waals surface area contributed by atoms with Crippen LogP contribution in [-0.2, 0) is 0 Å². The third kappa shape index (κ3) is 2.36. The molecule has 0 amide bonds. The van der Waals surface area contributed by atoms with Crippen LogP contribution in [0.15, 0.2) is 24.3 Å². The summed E-state index contributed by atoms with van der Waals surface area (Å²) in [5.74, 6) is 0. The van der Waals surface area contributed by atoms with E-state index in [0.717, 1.165) is 19.6 Å². The first-order chi connectivity index (χ1) is 7.68. The molecule has 1 N–H and O–H groups in total. The van der Waals surface area contributed by atoms with Gasteiger partial charge in [-0.25, -0.2) is 0 Å². The van der Waals surface area contributed by atoms with E-state index in [1.165, 1.54) is 11.3 Å². The van der Waals surface area contributed by atoms with Gasteiger partial charge >= 0.3 is 0 Å². The van der Waals surface area contributed by atoms with Crippen LogP contribution in [0, 0.1) is 0 Å². The molecule has 1 heterocycles. The van der Waals surface area contributed by atoms with E-state index in [1.54, 1.807) is 0 Å². The highest BCUT2D eigenvalue weighted by Gasteiger charge is 2.19. The maximum absolute atomic E-state index is 3.45. The predicted molar refractivity (Wildman–Crippen MR) is 69.0 cm³/mol. The Kier molecular flexibility index (Phi) is 3.46. The van der Waals surface area contributed by atoms with E-state index in [4.69, 9.17) is 0 Å². The third-order valence-electron chi connectivity index (χ3n) is 3.31. The highest BCUT2D eigenvalue weighted by Crippen LogP contribution is 2.22. The van der Waals surface area contributed by atoms with Crippen LogP contribution in [0.1, 0.15) is 11.6 Å². The zero-order valence-electron chi connectivity index (χ0n) is 10.4. The monoisotopic (exact) mass is 219 g/mol. The molecule has 16 heavy (non-hydrogen) atoms. The lowest BCUT2D eigenvalue weighted by Crippen LogP contribution is -2.43. The van der Waals surface area contributed by atoms with E-state index in [2.05, 4.69) is 60.5 Å². The summed E-state index contributed by atoms with van der Waals surface area (Å²) in [5.41, 5.74) is 2.66. The second kappa shape index (κ2) is 4.85. The van der Waals surface area contributed by atoms with Gasteiger partial charge < -0.3 is 10.2 Å². The molecule has 0 saturated carbocycles. The minimum atomic E-state index is 0.518. The summed E-state index contributed by atoms with van der Waals surface area (Å²) in [5, 5.41) is 3.45. The predicted octanol–water partition coefficient (Wildman–Crippen LogP) is 1.33.